The minimum atomic E-state index is -0.359. The maximum absolute atomic E-state index is 11.0. The molecule has 4 heteroatoms. The maximum Gasteiger partial charge on any atom is 0.325 e. The topological polar surface area (TPSA) is 46.6 Å². The van der Waals surface area contributed by atoms with Crippen molar-refractivity contribution < 1.29 is 14.3 Å². The Morgan fingerprint density at radius 2 is 1.92 bits per heavy atom. The molecule has 0 atom stereocenters. The number of esters is 1. The predicted molar refractivity (Wildman–Crippen MR) is 44.6 cm³/mol. The Hall–Kier alpha value is -1.06. The van der Waals surface area contributed by atoms with Crippen molar-refractivity contribution in [1.29, 1.82) is 0 Å². The summed E-state index contributed by atoms with van der Waals surface area (Å²) in [5.41, 5.74) is 0. The molecular weight excluding hydrogens is 158 g/mol. The molecule has 12 heavy (non-hydrogen) atoms. The van der Waals surface area contributed by atoms with Crippen LogP contribution in [0.5, 0.6) is 0 Å². The highest BCUT2D eigenvalue weighted by Gasteiger charge is 2.10. The van der Waals surface area contributed by atoms with Crippen LogP contribution in [0.3, 0.4) is 0 Å². The smallest absolute Gasteiger partial charge is 0.325 e. The van der Waals surface area contributed by atoms with Crippen LogP contribution < -0.4 is 0 Å². The molecule has 0 N–H and O–H groups in total. The van der Waals surface area contributed by atoms with Crippen LogP contribution >= 0.6 is 0 Å². The first-order chi connectivity index (χ1) is 5.61. The zero-order chi connectivity index (χ0) is 9.56. The monoisotopic (exact) mass is 173 g/mol. The van der Waals surface area contributed by atoms with Crippen LogP contribution in [-0.2, 0) is 14.3 Å². The van der Waals surface area contributed by atoms with Crippen molar-refractivity contribution in [3.63, 3.8) is 0 Å². The number of carbonyl (C=O) groups excluding carboxylic acids is 2. The molecule has 0 heterocycles. The first-order valence-corrected chi connectivity index (χ1v) is 4.01. The highest BCUT2D eigenvalue weighted by atomic mass is 16.5. The van der Waals surface area contributed by atoms with E-state index in [0.717, 1.165) is 0 Å². The van der Waals surface area contributed by atoms with Gasteiger partial charge in [-0.25, -0.2) is 0 Å². The number of hydrogen-bond acceptors (Lipinski definition) is 3. The Bertz CT molecular complexity index is 168. The molecular formula is C8H15NO3. The first-order valence-electron chi connectivity index (χ1n) is 4.01. The number of likely N-dealkylation sites (N-methyl/N-ethyl adjacent to an activating group) is 1. The minimum absolute atomic E-state index is 0.0422. The Morgan fingerprint density at radius 3 is 2.33 bits per heavy atom. The summed E-state index contributed by atoms with van der Waals surface area (Å²) in [6, 6.07) is 0. The van der Waals surface area contributed by atoms with Crippen molar-refractivity contribution in [2.75, 3.05) is 20.2 Å². The Labute approximate surface area is 72.5 Å². The maximum atomic E-state index is 11.0. The van der Waals surface area contributed by atoms with Gasteiger partial charge in [0.2, 0.25) is 5.91 Å². The fourth-order valence-corrected chi connectivity index (χ4v) is 0.758. The molecule has 0 bridgehead atoms. The third-order valence-corrected chi connectivity index (χ3v) is 1.40. The third-order valence-electron chi connectivity index (χ3n) is 1.40. The lowest BCUT2D eigenvalue weighted by Gasteiger charge is -2.14. The van der Waals surface area contributed by atoms with E-state index in [1.165, 1.54) is 4.90 Å². The lowest BCUT2D eigenvalue weighted by atomic mass is 10.4. The molecule has 0 aromatic carbocycles. The summed E-state index contributed by atoms with van der Waals surface area (Å²) in [6.07, 6.45) is 0.413. The van der Waals surface area contributed by atoms with Gasteiger partial charge in [-0.05, 0) is 6.92 Å². The average Bonchev–Trinajstić information content (AvgIpc) is 2.03. The van der Waals surface area contributed by atoms with Crippen LogP contribution in [-0.4, -0.2) is 37.0 Å². The molecule has 0 aromatic heterocycles. The number of carbonyl (C=O) groups is 2. The van der Waals surface area contributed by atoms with Gasteiger partial charge in [0.1, 0.15) is 6.54 Å². The van der Waals surface area contributed by atoms with E-state index >= 15 is 0 Å². The summed E-state index contributed by atoms with van der Waals surface area (Å²) < 4.78 is 4.67. The van der Waals surface area contributed by atoms with Gasteiger partial charge in [0.05, 0.1) is 6.61 Å². The van der Waals surface area contributed by atoms with Crippen LogP contribution in [0.15, 0.2) is 0 Å². The summed E-state index contributed by atoms with van der Waals surface area (Å²) >= 11 is 0. The fourth-order valence-electron chi connectivity index (χ4n) is 0.758. The summed E-state index contributed by atoms with van der Waals surface area (Å²) in [7, 11) is 1.59. The first kappa shape index (κ1) is 10.9. The molecule has 0 aromatic rings. The second-order valence-electron chi connectivity index (χ2n) is 2.41. The van der Waals surface area contributed by atoms with Crippen molar-refractivity contribution >= 4 is 11.9 Å². The lowest BCUT2D eigenvalue weighted by molar-refractivity contribution is -0.148. The van der Waals surface area contributed by atoms with Gasteiger partial charge in [0.15, 0.2) is 0 Å². The van der Waals surface area contributed by atoms with Crippen molar-refractivity contribution in [2.45, 2.75) is 20.3 Å². The van der Waals surface area contributed by atoms with E-state index < -0.39 is 0 Å². The van der Waals surface area contributed by atoms with Gasteiger partial charge in [0.25, 0.3) is 0 Å². The van der Waals surface area contributed by atoms with Crippen molar-refractivity contribution in [2.24, 2.45) is 0 Å². The number of rotatable bonds is 4. The molecule has 0 spiro atoms. The molecule has 0 unspecified atom stereocenters. The largest absolute Gasteiger partial charge is 0.465 e. The fraction of sp³-hybridized carbons (Fsp3) is 0.750. The van der Waals surface area contributed by atoms with E-state index in [-0.39, 0.29) is 18.4 Å². The predicted octanol–water partition coefficient (Wildman–Crippen LogP) is 0.418. The van der Waals surface area contributed by atoms with Gasteiger partial charge in [-0.2, -0.15) is 0 Å². The summed E-state index contributed by atoms with van der Waals surface area (Å²) in [5.74, 6) is -0.412. The molecule has 0 aliphatic heterocycles. The Kier molecular flexibility index (Phi) is 5.08. The molecule has 0 radical (unpaired) electrons. The number of amides is 1. The van der Waals surface area contributed by atoms with Gasteiger partial charge >= 0.3 is 5.97 Å². The van der Waals surface area contributed by atoms with Crippen LogP contribution in [0.4, 0.5) is 0 Å². The molecule has 0 aliphatic carbocycles. The minimum Gasteiger partial charge on any atom is -0.465 e. The van der Waals surface area contributed by atoms with Gasteiger partial charge in [0, 0.05) is 13.5 Å². The average molecular weight is 173 g/mol. The Morgan fingerprint density at radius 1 is 1.33 bits per heavy atom. The molecule has 1 amide bonds. The summed E-state index contributed by atoms with van der Waals surface area (Å²) in [5, 5.41) is 0. The molecule has 70 valence electrons. The van der Waals surface area contributed by atoms with Gasteiger partial charge in [-0.3, -0.25) is 9.59 Å². The van der Waals surface area contributed by atoms with Gasteiger partial charge < -0.3 is 9.64 Å². The molecule has 0 saturated heterocycles. The molecule has 4 nitrogen and oxygen atoms in total. The van der Waals surface area contributed by atoms with E-state index in [0.29, 0.717) is 13.0 Å². The standard InChI is InChI=1S/C8H15NO3/c1-4-7(10)9(3)6-8(11)12-5-2/h4-6H2,1-3H3. The lowest BCUT2D eigenvalue weighted by Crippen LogP contribution is -2.32. The summed E-state index contributed by atoms with van der Waals surface area (Å²) in [4.78, 5) is 23.2. The van der Waals surface area contributed by atoms with Crippen LogP contribution in [0.2, 0.25) is 0 Å². The van der Waals surface area contributed by atoms with Crippen LogP contribution in [0, 0.1) is 0 Å². The second kappa shape index (κ2) is 5.57. The van der Waals surface area contributed by atoms with Crippen LogP contribution in [0.1, 0.15) is 20.3 Å². The van der Waals surface area contributed by atoms with E-state index in [4.69, 9.17) is 0 Å². The highest BCUT2D eigenvalue weighted by Crippen LogP contribution is 1.90. The van der Waals surface area contributed by atoms with E-state index in [2.05, 4.69) is 4.74 Å². The normalized spacial score (nSPS) is 9.25. The second-order valence-corrected chi connectivity index (χ2v) is 2.41. The van der Waals surface area contributed by atoms with Gasteiger partial charge in [-0.15, -0.1) is 0 Å². The number of ether oxygens (including phenoxy) is 1. The quantitative estimate of drug-likeness (QED) is 0.579. The van der Waals surface area contributed by atoms with E-state index in [1.807, 2.05) is 0 Å². The van der Waals surface area contributed by atoms with Gasteiger partial charge in [-0.1, -0.05) is 6.92 Å². The van der Waals surface area contributed by atoms with E-state index in [1.54, 1.807) is 20.9 Å². The Balaban J connectivity index is 3.75. The third kappa shape index (κ3) is 3.95. The summed E-state index contributed by atoms with van der Waals surface area (Å²) in [6.45, 7) is 3.89. The zero-order valence-electron chi connectivity index (χ0n) is 7.79. The highest BCUT2D eigenvalue weighted by molar-refractivity contribution is 5.81. The van der Waals surface area contributed by atoms with Crippen molar-refractivity contribution in [3.05, 3.63) is 0 Å². The molecule has 0 aliphatic rings. The van der Waals surface area contributed by atoms with E-state index in [9.17, 15) is 9.59 Å². The SMILES string of the molecule is CCOC(=O)CN(C)C(=O)CC. The molecule has 0 fully saturated rings. The van der Waals surface area contributed by atoms with Crippen molar-refractivity contribution in [3.8, 4) is 0 Å². The zero-order valence-corrected chi connectivity index (χ0v) is 7.79. The molecule has 0 rings (SSSR count). The van der Waals surface area contributed by atoms with Crippen molar-refractivity contribution in [1.82, 2.24) is 4.90 Å². The van der Waals surface area contributed by atoms with Crippen LogP contribution in [0.25, 0.3) is 0 Å². The molecule has 0 saturated carbocycles. The number of hydrogen-bond donors (Lipinski definition) is 0. The number of nitrogens with zero attached hydrogens (tertiary/aromatic N) is 1.